The lowest BCUT2D eigenvalue weighted by Crippen LogP contribution is -2.14. The maximum Gasteiger partial charge on any atom is 0.172 e. The second-order valence-electron chi connectivity index (χ2n) is 5.92. The molecular formula is C17H16ClNO2. The van der Waals surface area contributed by atoms with Crippen LogP contribution < -0.4 is 4.74 Å². The number of likely N-dealkylation sites (tertiary alicyclic amines) is 1. The van der Waals surface area contributed by atoms with Crippen LogP contribution in [0.25, 0.3) is 0 Å². The summed E-state index contributed by atoms with van der Waals surface area (Å²) >= 11 is 6.14. The summed E-state index contributed by atoms with van der Waals surface area (Å²) in [6.07, 6.45) is 0. The Hall–Kier alpha value is -1.71. The highest BCUT2D eigenvalue weighted by atomic mass is 35.5. The van der Waals surface area contributed by atoms with Gasteiger partial charge >= 0.3 is 0 Å². The number of halogens is 1. The third-order valence-corrected chi connectivity index (χ3v) is 4.71. The number of benzene rings is 2. The van der Waals surface area contributed by atoms with Crippen molar-refractivity contribution in [2.24, 2.45) is 0 Å². The van der Waals surface area contributed by atoms with Crippen LogP contribution in [0.5, 0.6) is 17.2 Å². The van der Waals surface area contributed by atoms with Crippen LogP contribution in [-0.2, 0) is 0 Å². The van der Waals surface area contributed by atoms with Crippen molar-refractivity contribution in [1.82, 2.24) is 4.90 Å². The number of ether oxygens (including phenoxy) is 1. The number of hydrogen-bond donors (Lipinski definition) is 1. The number of phenolic OH excluding ortho intramolecular Hbond substituents is 1. The average Bonchev–Trinajstić information content (AvgIpc) is 2.78. The van der Waals surface area contributed by atoms with Gasteiger partial charge in [0.05, 0.1) is 0 Å². The van der Waals surface area contributed by atoms with E-state index in [1.54, 1.807) is 6.07 Å². The van der Waals surface area contributed by atoms with Crippen LogP contribution in [0.3, 0.4) is 0 Å². The summed E-state index contributed by atoms with van der Waals surface area (Å²) in [5, 5.41) is 10.8. The van der Waals surface area contributed by atoms with E-state index in [4.69, 9.17) is 16.3 Å². The van der Waals surface area contributed by atoms with Crippen molar-refractivity contribution in [3.63, 3.8) is 0 Å². The van der Waals surface area contributed by atoms with Crippen molar-refractivity contribution < 1.29 is 9.84 Å². The number of rotatable bonds is 0. The Bertz CT molecular complexity index is 716. The van der Waals surface area contributed by atoms with E-state index >= 15 is 0 Å². The SMILES string of the molecule is CN1CC2c3cc(Cl)cc(O)c3Oc3ccccc3[C@H]2C1. The molecule has 2 heterocycles. The lowest BCUT2D eigenvalue weighted by molar-refractivity contribution is 0.390. The van der Waals surface area contributed by atoms with Gasteiger partial charge in [0.2, 0.25) is 0 Å². The maximum atomic E-state index is 10.3. The molecule has 0 radical (unpaired) electrons. The second-order valence-corrected chi connectivity index (χ2v) is 6.35. The molecule has 3 nitrogen and oxygen atoms in total. The summed E-state index contributed by atoms with van der Waals surface area (Å²) in [6.45, 7) is 1.92. The number of aromatic hydroxyl groups is 1. The largest absolute Gasteiger partial charge is 0.504 e. The van der Waals surface area contributed by atoms with Crippen molar-refractivity contribution >= 4 is 11.6 Å². The minimum Gasteiger partial charge on any atom is -0.504 e. The second kappa shape index (κ2) is 4.65. The zero-order valence-corrected chi connectivity index (χ0v) is 12.5. The molecule has 1 saturated heterocycles. The average molecular weight is 302 g/mol. The van der Waals surface area contributed by atoms with E-state index in [-0.39, 0.29) is 5.75 Å². The van der Waals surface area contributed by atoms with Crippen LogP contribution in [0.4, 0.5) is 0 Å². The van der Waals surface area contributed by atoms with Crippen LogP contribution in [-0.4, -0.2) is 30.1 Å². The standard InChI is InChI=1S/C17H16ClNO2/c1-19-8-13-11-4-2-3-5-16(11)21-17-12(14(13)9-19)6-10(18)7-15(17)20/h2-7,13-14,20H,8-9H2,1H3/t13-,14?/m1/s1. The lowest BCUT2D eigenvalue weighted by atomic mass is 9.84. The molecule has 0 saturated carbocycles. The summed E-state index contributed by atoms with van der Waals surface area (Å²) in [6, 6.07) is 11.6. The fraction of sp³-hybridized carbons (Fsp3) is 0.294. The summed E-state index contributed by atoms with van der Waals surface area (Å²) < 4.78 is 6.03. The highest BCUT2D eigenvalue weighted by Gasteiger charge is 2.39. The summed E-state index contributed by atoms with van der Waals surface area (Å²) in [5.74, 6) is 2.15. The molecule has 0 amide bonds. The van der Waals surface area contributed by atoms with E-state index < -0.39 is 0 Å². The van der Waals surface area contributed by atoms with Gasteiger partial charge < -0.3 is 14.7 Å². The number of nitrogens with zero attached hydrogens (tertiary/aromatic N) is 1. The number of fused-ring (bicyclic) bond motifs is 5. The number of phenols is 1. The number of para-hydroxylation sites is 1. The minimum atomic E-state index is 0.113. The zero-order chi connectivity index (χ0) is 14.6. The summed E-state index contributed by atoms with van der Waals surface area (Å²) in [4.78, 5) is 2.32. The van der Waals surface area contributed by atoms with Crippen molar-refractivity contribution in [2.45, 2.75) is 11.8 Å². The predicted molar refractivity (Wildman–Crippen MR) is 82.6 cm³/mol. The monoisotopic (exact) mass is 301 g/mol. The molecule has 2 aliphatic rings. The fourth-order valence-corrected chi connectivity index (χ4v) is 3.83. The van der Waals surface area contributed by atoms with Gasteiger partial charge in [0.1, 0.15) is 5.75 Å². The van der Waals surface area contributed by atoms with Crippen LogP contribution in [0.2, 0.25) is 5.02 Å². The number of likely N-dealkylation sites (N-methyl/N-ethyl adjacent to an activating group) is 1. The Morgan fingerprint density at radius 2 is 1.86 bits per heavy atom. The molecular weight excluding hydrogens is 286 g/mol. The molecule has 4 heteroatoms. The first-order valence-corrected chi connectivity index (χ1v) is 7.49. The first-order chi connectivity index (χ1) is 10.1. The summed E-state index contributed by atoms with van der Waals surface area (Å²) in [7, 11) is 2.13. The Morgan fingerprint density at radius 3 is 2.67 bits per heavy atom. The van der Waals surface area contributed by atoms with Gasteiger partial charge in [0.25, 0.3) is 0 Å². The highest BCUT2D eigenvalue weighted by Crippen LogP contribution is 2.52. The molecule has 108 valence electrons. The first kappa shape index (κ1) is 13.0. The predicted octanol–water partition coefficient (Wildman–Crippen LogP) is 3.96. The third-order valence-electron chi connectivity index (χ3n) is 4.50. The fourth-order valence-electron chi connectivity index (χ4n) is 3.61. The Morgan fingerprint density at radius 1 is 1.14 bits per heavy atom. The Labute approximate surface area is 128 Å². The molecule has 2 atom stereocenters. The Kier molecular flexibility index (Phi) is 2.88. The van der Waals surface area contributed by atoms with Gasteiger partial charge in [-0.15, -0.1) is 0 Å². The molecule has 2 aliphatic heterocycles. The normalized spacial score (nSPS) is 23.7. The van der Waals surface area contributed by atoms with Crippen molar-refractivity contribution in [3.8, 4) is 17.2 Å². The van der Waals surface area contributed by atoms with Crippen molar-refractivity contribution in [2.75, 3.05) is 20.1 Å². The smallest absolute Gasteiger partial charge is 0.172 e. The van der Waals surface area contributed by atoms with E-state index in [1.165, 1.54) is 5.56 Å². The van der Waals surface area contributed by atoms with Crippen molar-refractivity contribution in [3.05, 3.63) is 52.5 Å². The van der Waals surface area contributed by atoms with E-state index in [0.717, 1.165) is 24.4 Å². The first-order valence-electron chi connectivity index (χ1n) is 7.11. The lowest BCUT2D eigenvalue weighted by Gasteiger charge is -2.17. The number of hydrogen-bond acceptors (Lipinski definition) is 3. The molecule has 1 N–H and O–H groups in total. The quantitative estimate of drug-likeness (QED) is 0.799. The summed E-state index contributed by atoms with van der Waals surface area (Å²) in [5.41, 5.74) is 2.21. The van der Waals surface area contributed by atoms with Gasteiger partial charge in [-0.2, -0.15) is 0 Å². The molecule has 0 aromatic heterocycles. The van der Waals surface area contributed by atoms with Gasteiger partial charge in [0.15, 0.2) is 11.5 Å². The molecule has 1 unspecified atom stereocenters. The van der Waals surface area contributed by atoms with Gasteiger partial charge in [-0.05, 0) is 24.7 Å². The van der Waals surface area contributed by atoms with Crippen LogP contribution in [0.1, 0.15) is 23.0 Å². The topological polar surface area (TPSA) is 32.7 Å². The molecule has 1 fully saturated rings. The van der Waals surface area contributed by atoms with E-state index in [1.807, 2.05) is 24.3 Å². The van der Waals surface area contributed by atoms with Crippen LogP contribution in [0, 0.1) is 0 Å². The van der Waals surface area contributed by atoms with E-state index in [0.29, 0.717) is 22.6 Å². The van der Waals surface area contributed by atoms with Gasteiger partial charge in [-0.1, -0.05) is 29.8 Å². The molecule has 0 spiro atoms. The molecule has 2 aromatic carbocycles. The zero-order valence-electron chi connectivity index (χ0n) is 11.7. The van der Waals surface area contributed by atoms with E-state index in [2.05, 4.69) is 18.0 Å². The molecule has 0 bridgehead atoms. The van der Waals surface area contributed by atoms with Crippen LogP contribution >= 0.6 is 11.6 Å². The van der Waals surface area contributed by atoms with E-state index in [9.17, 15) is 5.11 Å². The van der Waals surface area contributed by atoms with Crippen LogP contribution in [0.15, 0.2) is 36.4 Å². The van der Waals surface area contributed by atoms with Gasteiger partial charge in [-0.25, -0.2) is 0 Å². The minimum absolute atomic E-state index is 0.113. The molecule has 0 aliphatic carbocycles. The van der Waals surface area contributed by atoms with Gasteiger partial charge in [-0.3, -0.25) is 0 Å². The molecule has 2 aromatic rings. The van der Waals surface area contributed by atoms with Gasteiger partial charge in [0, 0.05) is 41.6 Å². The maximum absolute atomic E-state index is 10.3. The molecule has 4 rings (SSSR count). The molecule has 21 heavy (non-hydrogen) atoms. The highest BCUT2D eigenvalue weighted by molar-refractivity contribution is 6.30. The Balaban J connectivity index is 1.97. The van der Waals surface area contributed by atoms with Crippen molar-refractivity contribution in [1.29, 1.82) is 0 Å². The third kappa shape index (κ3) is 2.00.